The van der Waals surface area contributed by atoms with E-state index in [0.717, 1.165) is 19.4 Å². The van der Waals surface area contributed by atoms with Crippen LogP contribution in [0, 0.1) is 0 Å². The van der Waals surface area contributed by atoms with Crippen molar-refractivity contribution in [3.8, 4) is 0 Å². The molecule has 0 bridgehead atoms. The van der Waals surface area contributed by atoms with Gasteiger partial charge in [0.25, 0.3) is 0 Å². The number of nitrogens with zero attached hydrogens (tertiary/aromatic N) is 1. The fourth-order valence-electron chi connectivity index (χ4n) is 5.42. The summed E-state index contributed by atoms with van der Waals surface area (Å²) in [6.45, 7) is 6.14. The first-order valence-electron chi connectivity index (χ1n) is 17.4. The van der Waals surface area contributed by atoms with E-state index in [0.29, 0.717) is 12.2 Å². The highest BCUT2D eigenvalue weighted by Gasteiger charge is 2.09. The summed E-state index contributed by atoms with van der Waals surface area (Å²) in [5, 5.41) is 0. The molecule has 0 unspecified atom stereocenters. The number of aromatic nitrogens is 1. The number of hydrogen-bond acceptors (Lipinski definition) is 2. The van der Waals surface area contributed by atoms with Crippen molar-refractivity contribution in [3.63, 3.8) is 0 Å². The SMILES string of the molecule is CCCCCCCCCCCCCCCCCC[n+]1ccc(C(=O)OCCCCCCCCCCCC)cc1.[Cl-]. The van der Waals surface area contributed by atoms with E-state index in [9.17, 15) is 4.79 Å². The van der Waals surface area contributed by atoms with E-state index in [1.54, 1.807) is 0 Å². The molecule has 0 atom stereocenters. The molecular weight excluding hydrogens is 514 g/mol. The van der Waals surface area contributed by atoms with E-state index in [2.05, 4.69) is 18.4 Å². The van der Waals surface area contributed by atoms with Gasteiger partial charge in [0.15, 0.2) is 12.4 Å². The van der Waals surface area contributed by atoms with Crippen molar-refractivity contribution in [2.45, 2.75) is 187 Å². The number of hydrogen-bond donors (Lipinski definition) is 0. The molecule has 0 aliphatic carbocycles. The quantitative estimate of drug-likeness (QED) is 0.0542. The van der Waals surface area contributed by atoms with Gasteiger partial charge in [-0.1, -0.05) is 162 Å². The minimum atomic E-state index is -0.180. The van der Waals surface area contributed by atoms with Crippen LogP contribution in [-0.4, -0.2) is 12.6 Å². The maximum absolute atomic E-state index is 12.3. The average molecular weight is 580 g/mol. The van der Waals surface area contributed by atoms with Gasteiger partial charge >= 0.3 is 5.97 Å². The third kappa shape index (κ3) is 24.7. The predicted octanol–water partition coefficient (Wildman–Crippen LogP) is 8.32. The number of pyridine rings is 1. The number of aryl methyl sites for hydroxylation is 1. The summed E-state index contributed by atoms with van der Waals surface area (Å²) in [5.74, 6) is -0.180. The summed E-state index contributed by atoms with van der Waals surface area (Å²) < 4.78 is 7.68. The summed E-state index contributed by atoms with van der Waals surface area (Å²) >= 11 is 0. The Labute approximate surface area is 256 Å². The second-order valence-corrected chi connectivity index (χ2v) is 11.9. The molecule has 3 nitrogen and oxygen atoms in total. The number of esters is 1. The Kier molecular flexibility index (Phi) is 30.0. The molecule has 0 saturated carbocycles. The Bertz CT molecular complexity index is 649. The largest absolute Gasteiger partial charge is 1.00 e. The molecule has 1 heterocycles. The lowest BCUT2D eigenvalue weighted by molar-refractivity contribution is -0.697. The summed E-state index contributed by atoms with van der Waals surface area (Å²) in [6.07, 6.45) is 39.4. The minimum absolute atomic E-state index is 0. The first-order valence-corrected chi connectivity index (χ1v) is 17.4. The van der Waals surface area contributed by atoms with E-state index in [1.165, 1.54) is 154 Å². The molecule has 234 valence electrons. The molecule has 0 aliphatic heterocycles. The smallest absolute Gasteiger partial charge is 0.338 e. The minimum Gasteiger partial charge on any atom is -1.00 e. The van der Waals surface area contributed by atoms with Crippen LogP contribution >= 0.6 is 0 Å². The zero-order valence-electron chi connectivity index (χ0n) is 26.8. The standard InChI is InChI=1S/C36H66NO2.ClH/c1-3-5-7-9-11-13-15-16-17-18-19-20-21-23-25-27-31-37-32-29-35(30-33-37)36(38)39-34-28-26-24-22-14-12-10-8-6-4-2;/h29-30,32-33H,3-28,31,34H2,1-2H3;1H/q+1;/p-1. The molecule has 0 N–H and O–H groups in total. The van der Waals surface area contributed by atoms with E-state index in [1.807, 2.05) is 24.5 Å². The monoisotopic (exact) mass is 579 g/mol. The molecule has 0 aromatic carbocycles. The van der Waals surface area contributed by atoms with Crippen molar-refractivity contribution < 1.29 is 26.5 Å². The summed E-state index contributed by atoms with van der Waals surface area (Å²) in [5.41, 5.74) is 0.672. The van der Waals surface area contributed by atoms with Crippen LogP contribution in [-0.2, 0) is 11.3 Å². The number of carbonyl (C=O) groups is 1. The number of unbranched alkanes of at least 4 members (excludes halogenated alkanes) is 24. The zero-order valence-corrected chi connectivity index (χ0v) is 27.5. The Balaban J connectivity index is 0.0000152. The van der Waals surface area contributed by atoms with Gasteiger partial charge in [0.05, 0.1) is 12.2 Å². The van der Waals surface area contributed by atoms with Gasteiger partial charge in [0, 0.05) is 18.6 Å². The molecule has 0 aliphatic rings. The normalized spacial score (nSPS) is 10.9. The fraction of sp³-hybridized carbons (Fsp3) is 0.833. The van der Waals surface area contributed by atoms with Crippen molar-refractivity contribution >= 4 is 5.97 Å². The lowest BCUT2D eigenvalue weighted by atomic mass is 10.0. The molecule has 1 aromatic rings. The first kappa shape index (κ1) is 38.9. The number of carbonyl (C=O) groups excluding carboxylic acids is 1. The van der Waals surface area contributed by atoms with Crippen LogP contribution in [0.25, 0.3) is 0 Å². The predicted molar refractivity (Wildman–Crippen MR) is 168 cm³/mol. The number of rotatable bonds is 29. The third-order valence-corrected chi connectivity index (χ3v) is 8.13. The van der Waals surface area contributed by atoms with Crippen molar-refractivity contribution in [2.24, 2.45) is 0 Å². The van der Waals surface area contributed by atoms with Crippen molar-refractivity contribution in [2.75, 3.05) is 6.61 Å². The Morgan fingerprint density at radius 2 is 0.850 bits per heavy atom. The molecule has 40 heavy (non-hydrogen) atoms. The molecule has 0 fully saturated rings. The lowest BCUT2D eigenvalue weighted by Crippen LogP contribution is -3.00. The Hall–Kier alpha value is -1.09. The zero-order chi connectivity index (χ0) is 28.1. The van der Waals surface area contributed by atoms with Crippen molar-refractivity contribution in [3.05, 3.63) is 30.1 Å². The van der Waals surface area contributed by atoms with Crippen molar-refractivity contribution in [1.82, 2.24) is 0 Å². The van der Waals surface area contributed by atoms with Gasteiger partial charge in [-0.15, -0.1) is 0 Å². The van der Waals surface area contributed by atoms with Gasteiger partial charge in [-0.2, -0.15) is 0 Å². The van der Waals surface area contributed by atoms with E-state index < -0.39 is 0 Å². The maximum Gasteiger partial charge on any atom is 0.338 e. The van der Waals surface area contributed by atoms with Gasteiger partial charge in [0.2, 0.25) is 0 Å². The number of ether oxygens (including phenoxy) is 1. The fourth-order valence-corrected chi connectivity index (χ4v) is 5.42. The second kappa shape index (κ2) is 30.9. The molecule has 0 radical (unpaired) electrons. The molecular formula is C36H66ClNO2. The van der Waals surface area contributed by atoms with Crippen LogP contribution in [0.3, 0.4) is 0 Å². The van der Waals surface area contributed by atoms with Gasteiger partial charge < -0.3 is 17.1 Å². The molecule has 1 aromatic heterocycles. The molecule has 1 rings (SSSR count). The molecule has 0 saturated heterocycles. The summed E-state index contributed by atoms with van der Waals surface area (Å²) in [7, 11) is 0. The Morgan fingerprint density at radius 3 is 1.23 bits per heavy atom. The highest BCUT2D eigenvalue weighted by Crippen LogP contribution is 2.14. The molecule has 0 spiro atoms. The number of halogens is 1. The molecule has 4 heteroatoms. The van der Waals surface area contributed by atoms with Crippen LogP contribution in [0.1, 0.15) is 191 Å². The highest BCUT2D eigenvalue weighted by molar-refractivity contribution is 5.88. The van der Waals surface area contributed by atoms with Crippen molar-refractivity contribution in [1.29, 1.82) is 0 Å². The van der Waals surface area contributed by atoms with Crippen LogP contribution in [0.2, 0.25) is 0 Å². The van der Waals surface area contributed by atoms with Crippen LogP contribution in [0.5, 0.6) is 0 Å². The topological polar surface area (TPSA) is 30.2 Å². The van der Waals surface area contributed by atoms with Gasteiger partial charge in [0.1, 0.15) is 6.54 Å². The van der Waals surface area contributed by atoms with Crippen LogP contribution in [0.4, 0.5) is 0 Å². The molecule has 0 amide bonds. The van der Waals surface area contributed by atoms with Crippen LogP contribution < -0.4 is 17.0 Å². The maximum atomic E-state index is 12.3. The van der Waals surface area contributed by atoms with Gasteiger partial charge in [-0.05, 0) is 12.8 Å². The average Bonchev–Trinajstić information content (AvgIpc) is 2.96. The summed E-state index contributed by atoms with van der Waals surface area (Å²) in [6, 6.07) is 3.82. The van der Waals surface area contributed by atoms with Gasteiger partial charge in [-0.3, -0.25) is 0 Å². The summed E-state index contributed by atoms with van der Waals surface area (Å²) in [4.78, 5) is 12.3. The van der Waals surface area contributed by atoms with E-state index in [-0.39, 0.29) is 18.4 Å². The Morgan fingerprint density at radius 1 is 0.525 bits per heavy atom. The van der Waals surface area contributed by atoms with Gasteiger partial charge in [-0.25, -0.2) is 9.36 Å². The second-order valence-electron chi connectivity index (χ2n) is 11.9. The van der Waals surface area contributed by atoms with E-state index >= 15 is 0 Å². The lowest BCUT2D eigenvalue weighted by Gasteiger charge is -2.05. The first-order chi connectivity index (χ1) is 19.3. The highest BCUT2D eigenvalue weighted by atomic mass is 35.5. The van der Waals surface area contributed by atoms with Crippen LogP contribution in [0.15, 0.2) is 24.5 Å². The van der Waals surface area contributed by atoms with E-state index in [4.69, 9.17) is 4.74 Å². The third-order valence-electron chi connectivity index (χ3n) is 8.13.